The van der Waals surface area contributed by atoms with E-state index in [4.69, 9.17) is 11.6 Å². The van der Waals surface area contributed by atoms with Gasteiger partial charge in [-0.25, -0.2) is 27.8 Å². The first-order valence-electron chi connectivity index (χ1n) is 9.18. The van der Waals surface area contributed by atoms with Gasteiger partial charge in [-0.05, 0) is 38.1 Å². The van der Waals surface area contributed by atoms with Gasteiger partial charge in [-0.2, -0.15) is 10.2 Å². The Hall–Kier alpha value is -3.40. The lowest BCUT2D eigenvalue weighted by Gasteiger charge is -2.10. The van der Waals surface area contributed by atoms with Gasteiger partial charge in [0.25, 0.3) is 6.43 Å². The summed E-state index contributed by atoms with van der Waals surface area (Å²) >= 11 is 5.98. The van der Waals surface area contributed by atoms with E-state index >= 15 is 0 Å². The predicted molar refractivity (Wildman–Crippen MR) is 110 cm³/mol. The van der Waals surface area contributed by atoms with Crippen LogP contribution in [0.5, 0.6) is 0 Å². The summed E-state index contributed by atoms with van der Waals surface area (Å²) in [5, 5.41) is 11.6. The Labute approximate surface area is 180 Å². The number of nitrogens with one attached hydrogen (secondary N) is 1. The molecule has 4 rings (SSSR count). The zero-order valence-corrected chi connectivity index (χ0v) is 17.5. The summed E-state index contributed by atoms with van der Waals surface area (Å²) in [5.74, 6) is 0.793. The minimum Gasteiger partial charge on any atom is -0.325 e. The first-order chi connectivity index (χ1) is 14.8. The Morgan fingerprint density at radius 3 is 2.45 bits per heavy atom. The van der Waals surface area contributed by atoms with Crippen LogP contribution < -0.4 is 5.32 Å². The van der Waals surface area contributed by atoms with E-state index in [1.807, 2.05) is 6.92 Å². The number of alkyl halides is 2. The molecule has 0 bridgehead atoms. The van der Waals surface area contributed by atoms with Crippen molar-refractivity contribution in [2.45, 2.75) is 20.3 Å². The van der Waals surface area contributed by atoms with Crippen LogP contribution >= 0.6 is 11.6 Å². The second-order valence-corrected chi connectivity index (χ2v) is 7.21. The molecule has 0 aliphatic heterocycles. The fourth-order valence-corrected chi connectivity index (χ4v) is 3.43. The van der Waals surface area contributed by atoms with E-state index in [2.05, 4.69) is 25.5 Å². The zero-order chi connectivity index (χ0) is 22.3. The van der Waals surface area contributed by atoms with Crippen LogP contribution in [0.2, 0.25) is 5.02 Å². The second kappa shape index (κ2) is 8.03. The number of aromatic nitrogens is 6. The highest BCUT2D eigenvalue weighted by Crippen LogP contribution is 2.32. The third-order valence-corrected chi connectivity index (χ3v) is 5.21. The highest BCUT2D eigenvalue weighted by molar-refractivity contribution is 6.31. The van der Waals surface area contributed by atoms with Crippen molar-refractivity contribution in [2.24, 2.45) is 7.05 Å². The number of hydrogen-bond acceptors (Lipinski definition) is 5. The van der Waals surface area contributed by atoms with Crippen molar-refractivity contribution >= 4 is 23.2 Å². The molecule has 0 fully saturated rings. The van der Waals surface area contributed by atoms with Gasteiger partial charge in [0.1, 0.15) is 29.5 Å². The van der Waals surface area contributed by atoms with Crippen LogP contribution in [0.4, 0.5) is 24.8 Å². The molecule has 0 amide bonds. The fourth-order valence-electron chi connectivity index (χ4n) is 3.23. The number of rotatable bonds is 5. The van der Waals surface area contributed by atoms with Crippen LogP contribution in [0.1, 0.15) is 23.4 Å². The minimum atomic E-state index is -2.82. The molecule has 11 heteroatoms. The third kappa shape index (κ3) is 3.86. The lowest BCUT2D eigenvalue weighted by molar-refractivity contribution is 0.142. The maximum atomic E-state index is 13.5. The molecule has 0 radical (unpaired) electrons. The highest BCUT2D eigenvalue weighted by atomic mass is 35.5. The lowest BCUT2D eigenvalue weighted by Crippen LogP contribution is -2.08. The normalized spacial score (nSPS) is 11.4. The molecule has 1 N–H and O–H groups in total. The van der Waals surface area contributed by atoms with E-state index in [1.54, 1.807) is 30.8 Å². The number of halogens is 4. The maximum absolute atomic E-state index is 13.5. The smallest absolute Gasteiger partial charge is 0.282 e. The molecular weight excluding hydrogens is 431 g/mol. The predicted octanol–water partition coefficient (Wildman–Crippen LogP) is 5.15. The summed E-state index contributed by atoms with van der Waals surface area (Å²) < 4.78 is 42.9. The summed E-state index contributed by atoms with van der Waals surface area (Å²) in [4.78, 5) is 8.22. The molecule has 1 aromatic carbocycles. The molecule has 0 unspecified atom stereocenters. The number of benzene rings is 1. The first-order valence-corrected chi connectivity index (χ1v) is 9.56. The van der Waals surface area contributed by atoms with Gasteiger partial charge in [-0.3, -0.25) is 4.68 Å². The average Bonchev–Trinajstić information content (AvgIpc) is 3.19. The standard InChI is InChI=1S/C20H17ClF3N7/c1-10-17(12-4-6-13(22)7-5-12)29-30(3)20(10)27-14-8-15(26-9-25-14)31-18(19(23)24)16(21)11(2)28-31/h4-9,19H,1-3H3,(H,25,26,27). The van der Waals surface area contributed by atoms with E-state index in [0.717, 1.165) is 15.8 Å². The van der Waals surface area contributed by atoms with Crippen molar-refractivity contribution < 1.29 is 13.2 Å². The summed E-state index contributed by atoms with van der Waals surface area (Å²) in [6.07, 6.45) is -1.58. The van der Waals surface area contributed by atoms with Crippen molar-refractivity contribution in [3.63, 3.8) is 0 Å². The third-order valence-electron chi connectivity index (χ3n) is 4.75. The number of nitrogens with zero attached hydrogens (tertiary/aromatic N) is 6. The van der Waals surface area contributed by atoms with Gasteiger partial charge in [0.15, 0.2) is 5.82 Å². The quantitative estimate of drug-likeness (QED) is 0.458. The molecule has 0 aliphatic carbocycles. The van der Waals surface area contributed by atoms with Gasteiger partial charge < -0.3 is 5.32 Å². The van der Waals surface area contributed by atoms with Gasteiger partial charge in [-0.15, -0.1) is 0 Å². The largest absolute Gasteiger partial charge is 0.325 e. The molecule has 0 aliphatic rings. The molecule has 31 heavy (non-hydrogen) atoms. The Morgan fingerprint density at radius 1 is 1.06 bits per heavy atom. The summed E-state index contributed by atoms with van der Waals surface area (Å²) in [5.41, 5.74) is 2.08. The van der Waals surface area contributed by atoms with Crippen LogP contribution in [-0.4, -0.2) is 29.5 Å². The summed E-state index contributed by atoms with van der Waals surface area (Å²) in [6.45, 7) is 3.41. The van der Waals surface area contributed by atoms with Gasteiger partial charge in [0.05, 0.1) is 16.4 Å². The molecule has 0 saturated heterocycles. The van der Waals surface area contributed by atoms with E-state index in [-0.39, 0.29) is 22.4 Å². The van der Waals surface area contributed by atoms with Gasteiger partial charge in [-0.1, -0.05) is 11.6 Å². The zero-order valence-electron chi connectivity index (χ0n) is 16.7. The molecule has 0 atom stereocenters. The number of anilines is 2. The minimum absolute atomic E-state index is 0.102. The molecule has 3 heterocycles. The molecular formula is C20H17ClF3N7. The van der Waals surface area contributed by atoms with Crippen molar-refractivity contribution in [3.8, 4) is 17.1 Å². The molecule has 7 nitrogen and oxygen atoms in total. The lowest BCUT2D eigenvalue weighted by atomic mass is 10.1. The van der Waals surface area contributed by atoms with Crippen LogP contribution in [0.3, 0.4) is 0 Å². The monoisotopic (exact) mass is 447 g/mol. The fraction of sp³-hybridized carbons (Fsp3) is 0.200. The van der Waals surface area contributed by atoms with Gasteiger partial charge >= 0.3 is 0 Å². The van der Waals surface area contributed by atoms with Gasteiger partial charge in [0.2, 0.25) is 0 Å². The van der Waals surface area contributed by atoms with Crippen LogP contribution in [-0.2, 0) is 7.05 Å². The van der Waals surface area contributed by atoms with Crippen molar-refractivity contribution in [3.05, 3.63) is 64.5 Å². The Kier molecular flexibility index (Phi) is 5.40. The van der Waals surface area contributed by atoms with Crippen LogP contribution in [0.15, 0.2) is 36.7 Å². The Balaban J connectivity index is 1.70. The molecule has 0 saturated carbocycles. The Morgan fingerprint density at radius 2 is 1.77 bits per heavy atom. The average molecular weight is 448 g/mol. The van der Waals surface area contributed by atoms with Crippen LogP contribution in [0.25, 0.3) is 17.1 Å². The second-order valence-electron chi connectivity index (χ2n) is 6.84. The maximum Gasteiger partial charge on any atom is 0.282 e. The number of hydrogen-bond donors (Lipinski definition) is 1. The first kappa shape index (κ1) is 20.9. The summed E-state index contributed by atoms with van der Waals surface area (Å²) in [6, 6.07) is 7.51. The van der Waals surface area contributed by atoms with E-state index < -0.39 is 12.1 Å². The van der Waals surface area contributed by atoms with Crippen LogP contribution in [0, 0.1) is 19.7 Å². The highest BCUT2D eigenvalue weighted by Gasteiger charge is 2.24. The molecule has 4 aromatic rings. The van der Waals surface area contributed by atoms with Crippen molar-refractivity contribution in [1.29, 1.82) is 0 Å². The van der Waals surface area contributed by atoms with E-state index in [0.29, 0.717) is 17.3 Å². The Bertz CT molecular complexity index is 1250. The molecule has 3 aromatic heterocycles. The van der Waals surface area contributed by atoms with Gasteiger partial charge in [0, 0.05) is 24.2 Å². The topological polar surface area (TPSA) is 73.5 Å². The molecule has 160 valence electrons. The summed E-state index contributed by atoms with van der Waals surface area (Å²) in [7, 11) is 1.75. The van der Waals surface area contributed by atoms with Crippen molar-refractivity contribution in [2.75, 3.05) is 5.32 Å². The molecule has 0 spiro atoms. The van der Waals surface area contributed by atoms with E-state index in [1.165, 1.54) is 24.5 Å². The van der Waals surface area contributed by atoms with Crippen molar-refractivity contribution in [1.82, 2.24) is 29.5 Å². The van der Waals surface area contributed by atoms with E-state index in [9.17, 15) is 13.2 Å². The number of aryl methyl sites for hydroxylation is 2. The SMILES string of the molecule is Cc1nn(-c2cc(Nc3c(C)c(-c4ccc(F)cc4)nn3C)ncn2)c(C(F)F)c1Cl.